The van der Waals surface area contributed by atoms with E-state index < -0.39 is 7.12 Å². The van der Waals surface area contributed by atoms with E-state index in [1.807, 2.05) is 11.4 Å². The van der Waals surface area contributed by atoms with Gasteiger partial charge < -0.3 is 9.23 Å². The van der Waals surface area contributed by atoms with Gasteiger partial charge in [-0.3, -0.25) is 0 Å². The molecule has 1 rings (SSSR count). The molecule has 0 aliphatic rings. The molecule has 5 heteroatoms. The third-order valence-corrected chi connectivity index (χ3v) is 1.94. The Morgan fingerprint density at radius 2 is 2.56 bits per heavy atom. The number of hydrogen-bond acceptors (Lipinski definition) is 3. The molecule has 0 saturated heterocycles. The zero-order chi connectivity index (χ0) is 6.69. The van der Waals surface area contributed by atoms with Crippen molar-refractivity contribution in [3.05, 3.63) is 17.5 Å². The van der Waals surface area contributed by atoms with Crippen LogP contribution in [0.15, 0.2) is 17.5 Å². The summed E-state index contributed by atoms with van der Waals surface area (Å²) in [6, 6.07) is 3.57. The minimum absolute atomic E-state index is 0.713. The summed E-state index contributed by atoms with van der Waals surface area (Å²) in [7, 11) is -0.980. The van der Waals surface area contributed by atoms with E-state index in [2.05, 4.69) is 4.21 Å². The first-order valence-corrected chi connectivity index (χ1v) is 3.52. The lowest BCUT2D eigenvalue weighted by atomic mass is 9.90. The van der Waals surface area contributed by atoms with Gasteiger partial charge in [-0.15, -0.1) is 0 Å². The molecule has 48 valence electrons. The lowest BCUT2D eigenvalue weighted by Crippen LogP contribution is -2.27. The fraction of sp³-hybridized carbons (Fsp3) is 0. The average Bonchev–Trinajstić information content (AvgIpc) is 2.37. The molecule has 0 spiro atoms. The Bertz CT molecular complexity index is 167. The lowest BCUT2D eigenvalue weighted by Gasteiger charge is -1.93. The van der Waals surface area contributed by atoms with Crippen LogP contribution in [0.2, 0.25) is 0 Å². The van der Waals surface area contributed by atoms with Crippen molar-refractivity contribution in [3.8, 4) is 0 Å². The third-order valence-electron chi connectivity index (χ3n) is 0.871. The van der Waals surface area contributed by atoms with Crippen molar-refractivity contribution < 1.29 is 9.23 Å². The second-order valence-electron chi connectivity index (χ2n) is 1.46. The molecular weight excluding hydrogens is 158 g/mol. The maximum atomic E-state index is 8.87. The zero-order valence-corrected chi connectivity index (χ0v) is 6.02. The molecule has 1 aromatic rings. The first kappa shape index (κ1) is 7.09. The molecule has 0 amide bonds. The highest BCUT2D eigenvalue weighted by Gasteiger charge is 2.15. The van der Waals surface area contributed by atoms with Crippen LogP contribution in [0.3, 0.4) is 0 Å². The molecule has 0 aromatic carbocycles. The molecule has 1 N–H and O–H groups in total. The maximum absolute atomic E-state index is 8.87. The van der Waals surface area contributed by atoms with Crippen molar-refractivity contribution in [3.63, 3.8) is 0 Å². The minimum Gasteiger partial charge on any atom is -0.422 e. The van der Waals surface area contributed by atoms with Crippen LogP contribution in [-0.4, -0.2) is 12.1 Å². The van der Waals surface area contributed by atoms with Crippen LogP contribution in [0.25, 0.3) is 0 Å². The summed E-state index contributed by atoms with van der Waals surface area (Å²) in [5.41, 5.74) is 0. The normalized spacial score (nSPS) is 9.56. The van der Waals surface area contributed by atoms with Crippen LogP contribution in [0, 0.1) is 0 Å². The maximum Gasteiger partial charge on any atom is 0.518 e. The van der Waals surface area contributed by atoms with Gasteiger partial charge in [0.05, 0.1) is 0 Å². The number of thiophene rings is 1. The largest absolute Gasteiger partial charge is 0.518 e. The van der Waals surface area contributed by atoms with Crippen LogP contribution in [-0.2, 0) is 4.21 Å². The van der Waals surface area contributed by atoms with E-state index in [1.165, 1.54) is 11.3 Å². The quantitative estimate of drug-likeness (QED) is 0.646. The Labute approximate surface area is 62.3 Å². The number of halogens is 1. The first-order valence-electron chi connectivity index (χ1n) is 2.33. The second kappa shape index (κ2) is 3.22. The van der Waals surface area contributed by atoms with Crippen molar-refractivity contribution in [1.29, 1.82) is 0 Å². The van der Waals surface area contributed by atoms with Crippen LogP contribution >= 0.6 is 23.2 Å². The summed E-state index contributed by atoms with van der Waals surface area (Å²) in [5.74, 6) is 0. The van der Waals surface area contributed by atoms with Crippen LogP contribution in [0.4, 0.5) is 0 Å². The molecular formula is C4H4BClO2S. The smallest absolute Gasteiger partial charge is 0.422 e. The van der Waals surface area contributed by atoms with Crippen LogP contribution in [0.1, 0.15) is 0 Å². The summed E-state index contributed by atoms with van der Waals surface area (Å²) in [5, 5.41) is 10.7. The highest BCUT2D eigenvalue weighted by molar-refractivity contribution is 7.20. The van der Waals surface area contributed by atoms with Gasteiger partial charge in [-0.1, -0.05) is 12.1 Å². The van der Waals surface area contributed by atoms with Crippen molar-refractivity contribution in [2.75, 3.05) is 0 Å². The fourth-order valence-electron chi connectivity index (χ4n) is 0.476. The molecule has 0 bridgehead atoms. The highest BCUT2D eigenvalue weighted by atomic mass is 35.5. The van der Waals surface area contributed by atoms with E-state index in [0.717, 1.165) is 0 Å². The van der Waals surface area contributed by atoms with Gasteiger partial charge in [0.1, 0.15) is 0 Å². The van der Waals surface area contributed by atoms with Gasteiger partial charge in [0.2, 0.25) is 0 Å². The van der Waals surface area contributed by atoms with Crippen molar-refractivity contribution in [1.82, 2.24) is 0 Å². The number of hydrogen-bond donors (Lipinski definition) is 1. The Hall–Kier alpha value is -0.0251. The summed E-state index contributed by atoms with van der Waals surface area (Å²) < 4.78 is 4.85. The molecule has 0 unspecified atom stereocenters. The lowest BCUT2D eigenvalue weighted by molar-refractivity contribution is 0.458. The topological polar surface area (TPSA) is 29.5 Å². The predicted molar refractivity (Wildman–Crippen MR) is 38.9 cm³/mol. The van der Waals surface area contributed by atoms with Crippen molar-refractivity contribution in [2.24, 2.45) is 0 Å². The molecule has 0 atom stereocenters. The van der Waals surface area contributed by atoms with E-state index >= 15 is 0 Å². The molecule has 0 aliphatic carbocycles. The van der Waals surface area contributed by atoms with E-state index in [-0.39, 0.29) is 0 Å². The summed E-state index contributed by atoms with van der Waals surface area (Å²) in [6.45, 7) is 0. The Morgan fingerprint density at radius 3 is 3.00 bits per heavy atom. The van der Waals surface area contributed by atoms with E-state index in [4.69, 9.17) is 16.9 Å². The van der Waals surface area contributed by atoms with Gasteiger partial charge in [0.15, 0.2) is 0 Å². The first-order chi connectivity index (χ1) is 4.34. The molecule has 1 aromatic heterocycles. The van der Waals surface area contributed by atoms with Crippen molar-refractivity contribution in [2.45, 2.75) is 0 Å². The van der Waals surface area contributed by atoms with Crippen LogP contribution < -0.4 is 4.78 Å². The predicted octanol–water partition coefficient (Wildman–Crippen LogP) is 0.606. The van der Waals surface area contributed by atoms with E-state index in [0.29, 0.717) is 4.78 Å². The molecule has 2 nitrogen and oxygen atoms in total. The Balaban J connectivity index is 2.65. The summed E-state index contributed by atoms with van der Waals surface area (Å²) in [6.07, 6.45) is 0. The molecule has 0 aliphatic heterocycles. The molecule has 0 radical (unpaired) electrons. The van der Waals surface area contributed by atoms with Gasteiger partial charge in [0, 0.05) is 16.6 Å². The van der Waals surface area contributed by atoms with Gasteiger partial charge >= 0.3 is 7.12 Å². The zero-order valence-electron chi connectivity index (χ0n) is 4.45. The highest BCUT2D eigenvalue weighted by Crippen LogP contribution is 1.96. The molecule has 0 saturated carbocycles. The van der Waals surface area contributed by atoms with Gasteiger partial charge in [-0.05, 0) is 5.38 Å². The molecule has 9 heavy (non-hydrogen) atoms. The standard InChI is InChI=1S/C4H4BClO2S/c6-8-5(7)4-2-1-3-9-4/h1-3,7H. The van der Waals surface area contributed by atoms with Gasteiger partial charge in [-0.2, -0.15) is 11.3 Å². The minimum atomic E-state index is -0.980. The monoisotopic (exact) mass is 162 g/mol. The molecule has 1 heterocycles. The average molecular weight is 162 g/mol. The second-order valence-corrected chi connectivity index (χ2v) is 2.61. The SMILES string of the molecule is OB(OCl)c1cccs1. The van der Waals surface area contributed by atoms with Crippen molar-refractivity contribution >= 4 is 35.1 Å². The number of rotatable bonds is 2. The van der Waals surface area contributed by atoms with Gasteiger partial charge in [0.25, 0.3) is 0 Å². The Morgan fingerprint density at radius 1 is 1.78 bits per heavy atom. The summed E-state index contributed by atoms with van der Waals surface area (Å²) >= 11 is 6.30. The van der Waals surface area contributed by atoms with E-state index in [9.17, 15) is 0 Å². The van der Waals surface area contributed by atoms with Crippen LogP contribution in [0.5, 0.6) is 0 Å². The Kier molecular flexibility index (Phi) is 2.54. The van der Waals surface area contributed by atoms with Gasteiger partial charge in [-0.25, -0.2) is 0 Å². The summed E-state index contributed by atoms with van der Waals surface area (Å²) in [4.78, 5) is 0. The fourth-order valence-corrected chi connectivity index (χ4v) is 1.26. The third kappa shape index (κ3) is 1.69. The molecule has 0 fully saturated rings. The van der Waals surface area contributed by atoms with E-state index in [1.54, 1.807) is 6.07 Å².